The van der Waals surface area contributed by atoms with Gasteiger partial charge in [-0.3, -0.25) is 0 Å². The average molecular weight is 240 g/mol. The highest BCUT2D eigenvalue weighted by Gasteiger charge is 2.25. The quantitative estimate of drug-likeness (QED) is 0.771. The molecule has 1 aliphatic rings. The Hall–Kier alpha value is -0.0800. The van der Waals surface area contributed by atoms with E-state index in [9.17, 15) is 0 Å². The Labute approximate surface area is 108 Å². The van der Waals surface area contributed by atoms with Crippen LogP contribution in [-0.4, -0.2) is 24.7 Å². The standard InChI is InChI=1S/C15H32N2/c1-12(2)16-10-13-8-6-7-9-14(13)11-17-15(3,4)5/h12-14,16-17H,6-11H2,1-5H3. The van der Waals surface area contributed by atoms with Crippen molar-refractivity contribution in [1.82, 2.24) is 10.6 Å². The summed E-state index contributed by atoms with van der Waals surface area (Å²) in [6.45, 7) is 13.7. The first-order valence-electron chi connectivity index (χ1n) is 7.37. The van der Waals surface area contributed by atoms with Gasteiger partial charge in [0.25, 0.3) is 0 Å². The third-order valence-electron chi connectivity index (χ3n) is 3.75. The van der Waals surface area contributed by atoms with Crippen LogP contribution in [0.4, 0.5) is 0 Å². The maximum Gasteiger partial charge on any atom is 0.00966 e. The lowest BCUT2D eigenvalue weighted by molar-refractivity contribution is 0.206. The van der Waals surface area contributed by atoms with E-state index in [0.29, 0.717) is 6.04 Å². The lowest BCUT2D eigenvalue weighted by Gasteiger charge is -2.34. The zero-order chi connectivity index (χ0) is 12.9. The fourth-order valence-corrected chi connectivity index (χ4v) is 2.65. The van der Waals surface area contributed by atoms with Crippen molar-refractivity contribution in [3.63, 3.8) is 0 Å². The molecule has 0 spiro atoms. The van der Waals surface area contributed by atoms with E-state index in [1.54, 1.807) is 0 Å². The van der Waals surface area contributed by atoms with Gasteiger partial charge in [-0.2, -0.15) is 0 Å². The predicted molar refractivity (Wildman–Crippen MR) is 76.3 cm³/mol. The first kappa shape index (κ1) is 15.0. The molecule has 1 fully saturated rings. The van der Waals surface area contributed by atoms with E-state index >= 15 is 0 Å². The maximum absolute atomic E-state index is 3.68. The van der Waals surface area contributed by atoms with E-state index in [2.05, 4.69) is 45.3 Å². The van der Waals surface area contributed by atoms with E-state index < -0.39 is 0 Å². The van der Waals surface area contributed by atoms with Crippen LogP contribution in [-0.2, 0) is 0 Å². The van der Waals surface area contributed by atoms with Crippen molar-refractivity contribution in [2.24, 2.45) is 11.8 Å². The van der Waals surface area contributed by atoms with E-state index in [4.69, 9.17) is 0 Å². The molecule has 102 valence electrons. The van der Waals surface area contributed by atoms with Gasteiger partial charge in [0, 0.05) is 11.6 Å². The molecule has 1 rings (SSSR count). The normalized spacial score (nSPS) is 26.5. The van der Waals surface area contributed by atoms with Crippen LogP contribution in [0.3, 0.4) is 0 Å². The van der Waals surface area contributed by atoms with Crippen molar-refractivity contribution in [2.45, 2.75) is 71.9 Å². The molecule has 0 bridgehead atoms. The van der Waals surface area contributed by atoms with Gasteiger partial charge in [0.15, 0.2) is 0 Å². The van der Waals surface area contributed by atoms with Crippen LogP contribution >= 0.6 is 0 Å². The van der Waals surface area contributed by atoms with Crippen LogP contribution in [0.25, 0.3) is 0 Å². The van der Waals surface area contributed by atoms with Gasteiger partial charge in [0.2, 0.25) is 0 Å². The van der Waals surface area contributed by atoms with Crippen molar-refractivity contribution in [2.75, 3.05) is 13.1 Å². The molecule has 0 aromatic carbocycles. The molecule has 2 nitrogen and oxygen atoms in total. The van der Waals surface area contributed by atoms with Gasteiger partial charge in [0.1, 0.15) is 0 Å². The largest absolute Gasteiger partial charge is 0.314 e. The first-order chi connectivity index (χ1) is 7.88. The molecule has 0 aromatic rings. The van der Waals surface area contributed by atoms with Crippen molar-refractivity contribution in [3.05, 3.63) is 0 Å². The summed E-state index contributed by atoms with van der Waals surface area (Å²) in [5, 5.41) is 7.30. The monoisotopic (exact) mass is 240 g/mol. The van der Waals surface area contributed by atoms with Crippen molar-refractivity contribution < 1.29 is 0 Å². The minimum Gasteiger partial charge on any atom is -0.314 e. The molecule has 0 radical (unpaired) electrons. The minimum absolute atomic E-state index is 0.257. The van der Waals surface area contributed by atoms with Gasteiger partial charge in [-0.05, 0) is 58.5 Å². The lowest BCUT2D eigenvalue weighted by atomic mass is 9.78. The predicted octanol–water partition coefficient (Wildman–Crippen LogP) is 3.18. The molecule has 0 aromatic heterocycles. The van der Waals surface area contributed by atoms with E-state index in [0.717, 1.165) is 11.8 Å². The number of rotatable bonds is 5. The summed E-state index contributed by atoms with van der Waals surface area (Å²) in [6.07, 6.45) is 5.68. The highest BCUT2D eigenvalue weighted by Crippen LogP contribution is 2.29. The Kier molecular flexibility index (Phi) is 5.94. The molecule has 2 atom stereocenters. The summed E-state index contributed by atoms with van der Waals surface area (Å²) in [4.78, 5) is 0. The first-order valence-corrected chi connectivity index (χ1v) is 7.37. The SMILES string of the molecule is CC(C)NCC1CCCCC1CNC(C)(C)C. The molecule has 17 heavy (non-hydrogen) atoms. The summed E-state index contributed by atoms with van der Waals surface area (Å²) in [6, 6.07) is 0.619. The number of nitrogens with one attached hydrogen (secondary N) is 2. The lowest BCUT2D eigenvalue weighted by Crippen LogP contribution is -2.43. The van der Waals surface area contributed by atoms with E-state index in [1.807, 2.05) is 0 Å². The maximum atomic E-state index is 3.68. The Morgan fingerprint density at radius 2 is 1.53 bits per heavy atom. The molecular weight excluding hydrogens is 208 g/mol. The van der Waals surface area contributed by atoms with Crippen LogP contribution in [0.1, 0.15) is 60.3 Å². The summed E-state index contributed by atoms with van der Waals surface area (Å²) in [7, 11) is 0. The second-order valence-corrected chi connectivity index (χ2v) is 7.00. The van der Waals surface area contributed by atoms with Crippen LogP contribution in [0.15, 0.2) is 0 Å². The topological polar surface area (TPSA) is 24.1 Å². The Morgan fingerprint density at radius 1 is 1.00 bits per heavy atom. The zero-order valence-corrected chi connectivity index (χ0v) is 12.5. The molecule has 0 aliphatic heterocycles. The van der Waals surface area contributed by atoms with Gasteiger partial charge in [-0.1, -0.05) is 26.7 Å². The van der Waals surface area contributed by atoms with Crippen molar-refractivity contribution in [1.29, 1.82) is 0 Å². The van der Waals surface area contributed by atoms with E-state index in [-0.39, 0.29) is 5.54 Å². The van der Waals surface area contributed by atoms with Crippen LogP contribution in [0.2, 0.25) is 0 Å². The molecule has 2 unspecified atom stereocenters. The summed E-state index contributed by atoms with van der Waals surface area (Å²) in [5.74, 6) is 1.75. The molecule has 2 heteroatoms. The molecule has 0 heterocycles. The number of hydrogen-bond acceptors (Lipinski definition) is 2. The zero-order valence-electron chi connectivity index (χ0n) is 12.5. The van der Waals surface area contributed by atoms with Crippen molar-refractivity contribution >= 4 is 0 Å². The van der Waals surface area contributed by atoms with Crippen LogP contribution in [0.5, 0.6) is 0 Å². The highest BCUT2D eigenvalue weighted by atomic mass is 15.0. The Morgan fingerprint density at radius 3 is 2.00 bits per heavy atom. The molecule has 2 N–H and O–H groups in total. The fraction of sp³-hybridized carbons (Fsp3) is 1.00. The summed E-state index contributed by atoms with van der Waals surface area (Å²) in [5.41, 5.74) is 0.257. The van der Waals surface area contributed by atoms with Gasteiger partial charge in [-0.15, -0.1) is 0 Å². The van der Waals surface area contributed by atoms with Gasteiger partial charge >= 0.3 is 0 Å². The van der Waals surface area contributed by atoms with Crippen molar-refractivity contribution in [3.8, 4) is 0 Å². The second-order valence-electron chi connectivity index (χ2n) is 7.00. The Balaban J connectivity index is 2.37. The van der Waals surface area contributed by atoms with Gasteiger partial charge in [0.05, 0.1) is 0 Å². The van der Waals surface area contributed by atoms with Crippen LogP contribution in [0, 0.1) is 11.8 Å². The van der Waals surface area contributed by atoms with Gasteiger partial charge in [-0.25, -0.2) is 0 Å². The second kappa shape index (κ2) is 6.75. The Bertz CT molecular complexity index is 205. The molecule has 1 aliphatic carbocycles. The molecular formula is C15H32N2. The third kappa shape index (κ3) is 6.42. The average Bonchev–Trinajstić information content (AvgIpc) is 2.23. The van der Waals surface area contributed by atoms with E-state index in [1.165, 1.54) is 38.8 Å². The smallest absolute Gasteiger partial charge is 0.00966 e. The molecule has 0 amide bonds. The van der Waals surface area contributed by atoms with Crippen LogP contribution < -0.4 is 10.6 Å². The van der Waals surface area contributed by atoms with Gasteiger partial charge < -0.3 is 10.6 Å². The molecule has 0 saturated heterocycles. The highest BCUT2D eigenvalue weighted by molar-refractivity contribution is 4.82. The molecule has 1 saturated carbocycles. The third-order valence-corrected chi connectivity index (χ3v) is 3.75. The number of hydrogen-bond donors (Lipinski definition) is 2. The fourth-order valence-electron chi connectivity index (χ4n) is 2.65. The minimum atomic E-state index is 0.257. The summed E-state index contributed by atoms with van der Waals surface area (Å²) < 4.78 is 0. The summed E-state index contributed by atoms with van der Waals surface area (Å²) >= 11 is 0.